The molecular formula is C20H23BrN2O3S. The van der Waals surface area contributed by atoms with E-state index >= 15 is 0 Å². The van der Waals surface area contributed by atoms with Gasteiger partial charge < -0.3 is 5.32 Å². The average molecular weight is 451 g/mol. The smallest absolute Gasteiger partial charge is 0.256 e. The van der Waals surface area contributed by atoms with Crippen LogP contribution < -0.4 is 5.32 Å². The molecule has 0 bridgehead atoms. The third-order valence-corrected chi connectivity index (χ3v) is 7.61. The van der Waals surface area contributed by atoms with Gasteiger partial charge in [0.1, 0.15) is 0 Å². The summed E-state index contributed by atoms with van der Waals surface area (Å²) in [7, 11) is -1.87. The van der Waals surface area contributed by atoms with Gasteiger partial charge in [0.15, 0.2) is 0 Å². The summed E-state index contributed by atoms with van der Waals surface area (Å²) < 4.78 is 27.9. The molecule has 0 atom stereocenters. The van der Waals surface area contributed by atoms with Gasteiger partial charge in [0.25, 0.3) is 5.91 Å². The summed E-state index contributed by atoms with van der Waals surface area (Å²) in [6, 6.07) is 13.5. The molecule has 5 nitrogen and oxygen atoms in total. The Labute approximate surface area is 169 Å². The van der Waals surface area contributed by atoms with Crippen LogP contribution in [0.25, 0.3) is 0 Å². The van der Waals surface area contributed by atoms with Crippen molar-refractivity contribution in [3.05, 3.63) is 58.6 Å². The normalized spacial score (nSPS) is 15.7. The highest BCUT2D eigenvalue weighted by atomic mass is 79.9. The van der Waals surface area contributed by atoms with Crippen LogP contribution in [0.1, 0.15) is 42.5 Å². The molecule has 0 aliphatic heterocycles. The molecule has 1 aliphatic rings. The van der Waals surface area contributed by atoms with E-state index in [0.29, 0.717) is 15.7 Å². The van der Waals surface area contributed by atoms with Crippen LogP contribution in [0.2, 0.25) is 0 Å². The predicted molar refractivity (Wildman–Crippen MR) is 110 cm³/mol. The number of carbonyl (C=O) groups excluding carboxylic acids is 1. The third kappa shape index (κ3) is 4.59. The van der Waals surface area contributed by atoms with Crippen LogP contribution in [0.15, 0.2) is 57.9 Å². The van der Waals surface area contributed by atoms with Crippen molar-refractivity contribution >= 4 is 37.5 Å². The largest absolute Gasteiger partial charge is 0.322 e. The Bertz CT molecular complexity index is 907. The molecule has 2 aromatic rings. The summed E-state index contributed by atoms with van der Waals surface area (Å²) in [4.78, 5) is 12.6. The number of nitrogens with zero attached hydrogens (tertiary/aromatic N) is 1. The van der Waals surface area contributed by atoms with Crippen molar-refractivity contribution < 1.29 is 13.2 Å². The summed E-state index contributed by atoms with van der Waals surface area (Å²) in [5.74, 6) is -0.252. The highest BCUT2D eigenvalue weighted by molar-refractivity contribution is 9.10. The molecule has 2 aromatic carbocycles. The summed E-state index contributed by atoms with van der Waals surface area (Å²) in [5.41, 5.74) is 1.07. The van der Waals surface area contributed by atoms with Crippen LogP contribution in [0.5, 0.6) is 0 Å². The molecule has 144 valence electrons. The van der Waals surface area contributed by atoms with Crippen molar-refractivity contribution in [2.75, 3.05) is 12.4 Å². The second-order valence-corrected chi connectivity index (χ2v) is 9.62. The molecule has 1 saturated carbocycles. The zero-order chi connectivity index (χ0) is 19.4. The van der Waals surface area contributed by atoms with Crippen molar-refractivity contribution in [3.8, 4) is 0 Å². The topological polar surface area (TPSA) is 66.5 Å². The SMILES string of the molecule is CN(C1CCCCC1)S(=O)(=O)c1ccc(NC(=O)c2ccccc2Br)cc1. The fraction of sp³-hybridized carbons (Fsp3) is 0.350. The number of hydrogen-bond acceptors (Lipinski definition) is 3. The van der Waals surface area contributed by atoms with E-state index in [1.54, 1.807) is 49.5 Å². The molecule has 3 rings (SSSR count). The van der Waals surface area contributed by atoms with Gasteiger partial charge in [-0.05, 0) is 65.2 Å². The molecule has 0 heterocycles. The van der Waals surface area contributed by atoms with E-state index in [-0.39, 0.29) is 16.8 Å². The van der Waals surface area contributed by atoms with Crippen LogP contribution in [-0.4, -0.2) is 31.7 Å². The van der Waals surface area contributed by atoms with Crippen molar-refractivity contribution in [1.29, 1.82) is 0 Å². The monoisotopic (exact) mass is 450 g/mol. The van der Waals surface area contributed by atoms with E-state index in [1.165, 1.54) is 10.7 Å². The maximum atomic E-state index is 12.9. The van der Waals surface area contributed by atoms with Gasteiger partial charge in [-0.15, -0.1) is 0 Å². The summed E-state index contributed by atoms with van der Waals surface area (Å²) in [6.07, 6.45) is 5.15. The van der Waals surface area contributed by atoms with Crippen molar-refractivity contribution in [2.45, 2.75) is 43.0 Å². The summed E-state index contributed by atoms with van der Waals surface area (Å²) in [6.45, 7) is 0. The minimum absolute atomic E-state index is 0.0681. The van der Waals surface area contributed by atoms with Crippen LogP contribution >= 0.6 is 15.9 Å². The first-order valence-corrected chi connectivity index (χ1v) is 11.3. The number of anilines is 1. The Hall–Kier alpha value is -1.70. The van der Waals surface area contributed by atoms with Crippen molar-refractivity contribution in [2.24, 2.45) is 0 Å². The van der Waals surface area contributed by atoms with Crippen LogP contribution in [0.4, 0.5) is 5.69 Å². The second-order valence-electron chi connectivity index (χ2n) is 6.77. The predicted octanol–water partition coefficient (Wildman–Crippen LogP) is 4.65. The Morgan fingerprint density at radius 3 is 2.30 bits per heavy atom. The Balaban J connectivity index is 1.72. The van der Waals surface area contributed by atoms with Gasteiger partial charge in [-0.1, -0.05) is 31.4 Å². The first-order chi connectivity index (χ1) is 12.9. The maximum absolute atomic E-state index is 12.9. The van der Waals surface area contributed by atoms with Crippen LogP contribution in [0.3, 0.4) is 0 Å². The molecule has 27 heavy (non-hydrogen) atoms. The minimum Gasteiger partial charge on any atom is -0.322 e. The Morgan fingerprint density at radius 1 is 1.04 bits per heavy atom. The number of hydrogen-bond donors (Lipinski definition) is 1. The standard InChI is InChI=1S/C20H23BrN2O3S/c1-23(16-7-3-2-4-8-16)27(25,26)17-13-11-15(12-14-17)22-20(24)18-9-5-6-10-19(18)21/h5-6,9-14,16H,2-4,7-8H2,1H3,(H,22,24). The lowest BCUT2D eigenvalue weighted by Gasteiger charge is -2.30. The van der Waals surface area contributed by atoms with Gasteiger partial charge in [-0.25, -0.2) is 8.42 Å². The molecule has 7 heteroatoms. The number of sulfonamides is 1. The molecule has 1 aliphatic carbocycles. The van der Waals surface area contributed by atoms with Gasteiger partial charge in [-0.2, -0.15) is 4.31 Å². The lowest BCUT2D eigenvalue weighted by molar-refractivity contribution is 0.102. The van der Waals surface area contributed by atoms with E-state index in [9.17, 15) is 13.2 Å². The number of carbonyl (C=O) groups is 1. The van der Waals surface area contributed by atoms with Gasteiger partial charge in [-0.3, -0.25) is 4.79 Å². The van der Waals surface area contributed by atoms with Gasteiger partial charge in [0, 0.05) is 23.2 Å². The van der Waals surface area contributed by atoms with Gasteiger partial charge in [0.2, 0.25) is 10.0 Å². The number of nitrogens with one attached hydrogen (secondary N) is 1. The molecule has 1 fully saturated rings. The van der Waals surface area contributed by atoms with Crippen molar-refractivity contribution in [3.63, 3.8) is 0 Å². The first-order valence-electron chi connectivity index (χ1n) is 9.03. The van der Waals surface area contributed by atoms with Crippen LogP contribution in [-0.2, 0) is 10.0 Å². The molecule has 0 radical (unpaired) electrons. The zero-order valence-electron chi connectivity index (χ0n) is 15.2. The first kappa shape index (κ1) is 20.0. The molecular weight excluding hydrogens is 428 g/mol. The second kappa shape index (κ2) is 8.54. The van der Waals surface area contributed by atoms with E-state index in [2.05, 4.69) is 21.2 Å². The van der Waals surface area contributed by atoms with Crippen molar-refractivity contribution in [1.82, 2.24) is 4.31 Å². The molecule has 0 spiro atoms. The fourth-order valence-electron chi connectivity index (χ4n) is 3.36. The highest BCUT2D eigenvalue weighted by Gasteiger charge is 2.28. The Morgan fingerprint density at radius 2 is 1.67 bits per heavy atom. The van der Waals surface area contributed by atoms with E-state index < -0.39 is 10.0 Å². The number of rotatable bonds is 5. The van der Waals surface area contributed by atoms with E-state index in [0.717, 1.165) is 25.7 Å². The third-order valence-electron chi connectivity index (χ3n) is 5.00. The quantitative estimate of drug-likeness (QED) is 0.720. The lowest BCUT2D eigenvalue weighted by atomic mass is 9.96. The molecule has 1 amide bonds. The molecule has 0 aromatic heterocycles. The molecule has 0 unspecified atom stereocenters. The molecule has 1 N–H and O–H groups in total. The van der Waals surface area contributed by atoms with E-state index in [4.69, 9.17) is 0 Å². The van der Waals surface area contributed by atoms with E-state index in [1.807, 2.05) is 6.07 Å². The van der Waals surface area contributed by atoms with Crippen LogP contribution in [0, 0.1) is 0 Å². The average Bonchev–Trinajstić information content (AvgIpc) is 2.68. The fourth-order valence-corrected chi connectivity index (χ4v) is 5.24. The Kier molecular flexibility index (Phi) is 6.34. The zero-order valence-corrected chi connectivity index (χ0v) is 17.6. The number of amides is 1. The minimum atomic E-state index is -3.53. The highest BCUT2D eigenvalue weighted by Crippen LogP contribution is 2.27. The lowest BCUT2D eigenvalue weighted by Crippen LogP contribution is -2.38. The number of halogens is 1. The number of benzene rings is 2. The molecule has 0 saturated heterocycles. The maximum Gasteiger partial charge on any atom is 0.256 e. The summed E-state index contributed by atoms with van der Waals surface area (Å²) in [5, 5.41) is 2.79. The van der Waals surface area contributed by atoms with Gasteiger partial charge >= 0.3 is 0 Å². The summed E-state index contributed by atoms with van der Waals surface area (Å²) >= 11 is 3.36. The van der Waals surface area contributed by atoms with Gasteiger partial charge in [0.05, 0.1) is 10.5 Å².